The van der Waals surface area contributed by atoms with Crippen molar-refractivity contribution in [3.05, 3.63) is 0 Å². The van der Waals surface area contributed by atoms with E-state index in [-0.39, 0.29) is 35.4 Å². The molecule has 0 unspecified atom stereocenters. The van der Waals surface area contributed by atoms with Gasteiger partial charge >= 0.3 is 0 Å². The van der Waals surface area contributed by atoms with Gasteiger partial charge in [-0.25, -0.2) is 8.42 Å². The number of hydrogen-bond acceptors (Lipinski definition) is 4. The van der Waals surface area contributed by atoms with Gasteiger partial charge in [-0.3, -0.25) is 4.79 Å². The second-order valence-electron chi connectivity index (χ2n) is 4.98. The van der Waals surface area contributed by atoms with E-state index >= 15 is 0 Å². The van der Waals surface area contributed by atoms with Crippen LogP contribution >= 0.6 is 12.4 Å². The molecule has 1 saturated carbocycles. The molecule has 1 amide bonds. The summed E-state index contributed by atoms with van der Waals surface area (Å²) in [4.78, 5) is 11.6. The van der Waals surface area contributed by atoms with Crippen LogP contribution in [0.4, 0.5) is 0 Å². The third-order valence-electron chi connectivity index (χ3n) is 3.30. The van der Waals surface area contributed by atoms with Crippen LogP contribution in [-0.4, -0.2) is 44.5 Å². The SMILES string of the molecule is CCN[C@H](C)CNC(=O)CS(=O)(=O)C1CCCC1.Cl. The lowest BCUT2D eigenvalue weighted by atomic mass is 10.3. The molecule has 1 rings (SSSR count). The van der Waals surface area contributed by atoms with Gasteiger partial charge in [-0.15, -0.1) is 12.4 Å². The van der Waals surface area contributed by atoms with Gasteiger partial charge in [0.2, 0.25) is 5.91 Å². The molecule has 2 N–H and O–H groups in total. The van der Waals surface area contributed by atoms with Gasteiger partial charge in [-0.2, -0.15) is 0 Å². The van der Waals surface area contributed by atoms with Crippen LogP contribution in [-0.2, 0) is 14.6 Å². The number of carbonyl (C=O) groups is 1. The van der Waals surface area contributed by atoms with Crippen molar-refractivity contribution in [3.8, 4) is 0 Å². The Bertz CT molecular complexity index is 367. The zero-order valence-corrected chi connectivity index (χ0v) is 13.3. The number of carbonyl (C=O) groups excluding carboxylic acids is 1. The lowest BCUT2D eigenvalue weighted by Gasteiger charge is -2.14. The monoisotopic (exact) mass is 312 g/mol. The first kappa shape index (κ1) is 18.7. The van der Waals surface area contributed by atoms with Crippen molar-refractivity contribution in [3.63, 3.8) is 0 Å². The quantitative estimate of drug-likeness (QED) is 0.732. The number of amides is 1. The molecule has 0 aliphatic heterocycles. The van der Waals surface area contributed by atoms with Crippen LogP contribution in [0.25, 0.3) is 0 Å². The molecule has 0 aromatic rings. The van der Waals surface area contributed by atoms with Gasteiger partial charge in [0.05, 0.1) is 5.25 Å². The number of halogens is 1. The first-order valence-electron chi connectivity index (χ1n) is 6.67. The van der Waals surface area contributed by atoms with Crippen LogP contribution < -0.4 is 10.6 Å². The van der Waals surface area contributed by atoms with E-state index in [2.05, 4.69) is 10.6 Å². The van der Waals surface area contributed by atoms with E-state index in [1.807, 2.05) is 13.8 Å². The summed E-state index contributed by atoms with van der Waals surface area (Å²) in [5.41, 5.74) is 0. The van der Waals surface area contributed by atoms with Crippen molar-refractivity contribution in [2.45, 2.75) is 50.8 Å². The molecule has 7 heteroatoms. The van der Waals surface area contributed by atoms with E-state index in [0.717, 1.165) is 19.4 Å². The van der Waals surface area contributed by atoms with Crippen LogP contribution in [0, 0.1) is 0 Å². The summed E-state index contributed by atoms with van der Waals surface area (Å²) in [6, 6.07) is 0.160. The molecule has 1 fully saturated rings. The van der Waals surface area contributed by atoms with Gasteiger partial charge in [0.25, 0.3) is 0 Å². The highest BCUT2D eigenvalue weighted by Crippen LogP contribution is 2.24. The Morgan fingerprint density at radius 1 is 1.32 bits per heavy atom. The van der Waals surface area contributed by atoms with E-state index in [1.165, 1.54) is 0 Å². The zero-order valence-electron chi connectivity index (χ0n) is 11.6. The van der Waals surface area contributed by atoms with Gasteiger partial charge in [-0.1, -0.05) is 19.8 Å². The standard InChI is InChI=1S/C12H24N2O3S.ClH/c1-3-13-10(2)8-14-12(15)9-18(16,17)11-6-4-5-7-11;/h10-11,13H,3-9H2,1-2H3,(H,14,15);1H/t10-;/m1./s1. The van der Waals surface area contributed by atoms with Crippen molar-refractivity contribution in [2.75, 3.05) is 18.8 Å². The summed E-state index contributed by atoms with van der Waals surface area (Å²) >= 11 is 0. The molecule has 0 aromatic heterocycles. The summed E-state index contributed by atoms with van der Waals surface area (Å²) in [6.07, 6.45) is 3.35. The maximum atomic E-state index is 11.9. The van der Waals surface area contributed by atoms with Crippen LogP contribution in [0.15, 0.2) is 0 Å². The van der Waals surface area contributed by atoms with Gasteiger partial charge < -0.3 is 10.6 Å². The Morgan fingerprint density at radius 3 is 2.42 bits per heavy atom. The highest BCUT2D eigenvalue weighted by Gasteiger charge is 2.30. The fourth-order valence-corrected chi connectivity index (χ4v) is 4.04. The van der Waals surface area contributed by atoms with Gasteiger partial charge in [0.15, 0.2) is 9.84 Å². The molecule has 114 valence electrons. The van der Waals surface area contributed by atoms with Gasteiger partial charge in [0, 0.05) is 12.6 Å². The second kappa shape index (κ2) is 8.76. The lowest BCUT2D eigenvalue weighted by Crippen LogP contribution is -2.41. The predicted octanol–water partition coefficient (Wildman–Crippen LogP) is 0.880. The Balaban J connectivity index is 0.00000324. The van der Waals surface area contributed by atoms with Crippen molar-refractivity contribution in [1.29, 1.82) is 0 Å². The third kappa shape index (κ3) is 6.58. The number of rotatable bonds is 7. The average Bonchev–Trinajstić information content (AvgIpc) is 2.80. The fraction of sp³-hybridized carbons (Fsp3) is 0.917. The van der Waals surface area contributed by atoms with E-state index in [0.29, 0.717) is 19.4 Å². The molecule has 0 heterocycles. The molecule has 5 nitrogen and oxygen atoms in total. The average molecular weight is 313 g/mol. The summed E-state index contributed by atoms with van der Waals surface area (Å²) in [5.74, 6) is -0.747. The number of nitrogens with one attached hydrogen (secondary N) is 2. The molecular weight excluding hydrogens is 288 g/mol. The normalized spacial score (nSPS) is 17.8. The Labute approximate surface area is 122 Å². The minimum absolute atomic E-state index is 0. The molecule has 1 aliphatic rings. The number of sulfone groups is 1. The smallest absolute Gasteiger partial charge is 0.235 e. The van der Waals surface area contributed by atoms with E-state index in [1.54, 1.807) is 0 Å². The van der Waals surface area contributed by atoms with Crippen molar-refractivity contribution < 1.29 is 13.2 Å². The topological polar surface area (TPSA) is 75.3 Å². The summed E-state index contributed by atoms with van der Waals surface area (Å²) in [7, 11) is -3.25. The first-order chi connectivity index (χ1) is 8.45. The lowest BCUT2D eigenvalue weighted by molar-refractivity contribution is -0.118. The molecule has 1 aliphatic carbocycles. The predicted molar refractivity (Wildman–Crippen MR) is 79.4 cm³/mol. The van der Waals surface area contributed by atoms with E-state index in [9.17, 15) is 13.2 Å². The minimum Gasteiger partial charge on any atom is -0.354 e. The molecule has 0 spiro atoms. The van der Waals surface area contributed by atoms with E-state index in [4.69, 9.17) is 0 Å². The third-order valence-corrected chi connectivity index (χ3v) is 5.45. The van der Waals surface area contributed by atoms with E-state index < -0.39 is 9.84 Å². The molecule has 0 saturated heterocycles. The van der Waals surface area contributed by atoms with Crippen molar-refractivity contribution >= 4 is 28.2 Å². The summed E-state index contributed by atoms with van der Waals surface area (Å²) in [6.45, 7) is 5.24. The Kier molecular flexibility index (Phi) is 8.61. The molecule has 0 aromatic carbocycles. The maximum Gasteiger partial charge on any atom is 0.235 e. The molecule has 1 atom stereocenters. The largest absolute Gasteiger partial charge is 0.354 e. The van der Waals surface area contributed by atoms with Crippen LogP contribution in [0.5, 0.6) is 0 Å². The minimum atomic E-state index is -3.25. The number of likely N-dealkylation sites (N-methyl/N-ethyl adjacent to an activating group) is 1. The van der Waals surface area contributed by atoms with Gasteiger partial charge in [0.1, 0.15) is 5.75 Å². The van der Waals surface area contributed by atoms with Gasteiger partial charge in [-0.05, 0) is 26.3 Å². The zero-order chi connectivity index (χ0) is 13.6. The highest BCUT2D eigenvalue weighted by atomic mass is 35.5. The van der Waals surface area contributed by atoms with Crippen LogP contribution in [0.3, 0.4) is 0 Å². The molecular formula is C12H25ClN2O3S. The van der Waals surface area contributed by atoms with Crippen molar-refractivity contribution in [2.24, 2.45) is 0 Å². The Hall–Kier alpha value is -0.330. The first-order valence-corrected chi connectivity index (χ1v) is 8.39. The van der Waals surface area contributed by atoms with Crippen LogP contribution in [0.1, 0.15) is 39.5 Å². The maximum absolute atomic E-state index is 11.9. The number of hydrogen-bond donors (Lipinski definition) is 2. The Morgan fingerprint density at radius 2 is 1.89 bits per heavy atom. The molecule has 0 radical (unpaired) electrons. The second-order valence-corrected chi connectivity index (χ2v) is 7.26. The van der Waals surface area contributed by atoms with Crippen LogP contribution in [0.2, 0.25) is 0 Å². The summed E-state index contributed by atoms with van der Waals surface area (Å²) < 4.78 is 23.9. The fourth-order valence-electron chi connectivity index (χ4n) is 2.29. The molecule has 19 heavy (non-hydrogen) atoms. The van der Waals surface area contributed by atoms with Crippen molar-refractivity contribution in [1.82, 2.24) is 10.6 Å². The molecule has 0 bridgehead atoms. The highest BCUT2D eigenvalue weighted by molar-refractivity contribution is 7.92. The summed E-state index contributed by atoms with van der Waals surface area (Å²) in [5, 5.41) is 5.52.